The molecule has 1 saturated carbocycles. The predicted molar refractivity (Wildman–Crippen MR) is 107 cm³/mol. The highest BCUT2D eigenvalue weighted by Crippen LogP contribution is 2.25. The number of aryl methyl sites for hydroxylation is 2. The first kappa shape index (κ1) is 19.3. The minimum atomic E-state index is -0.195. The molecule has 0 unspecified atom stereocenters. The normalized spacial score (nSPS) is 15.5. The lowest BCUT2D eigenvalue weighted by Gasteiger charge is -2.15. The lowest BCUT2D eigenvalue weighted by Crippen LogP contribution is -2.33. The maximum atomic E-state index is 12.1. The van der Waals surface area contributed by atoms with Crippen molar-refractivity contribution in [2.45, 2.75) is 59.1 Å². The van der Waals surface area contributed by atoms with Crippen LogP contribution < -0.4 is 15.4 Å². The van der Waals surface area contributed by atoms with Crippen molar-refractivity contribution in [1.82, 2.24) is 15.1 Å². The van der Waals surface area contributed by atoms with Gasteiger partial charge in [-0.25, -0.2) is 4.79 Å². The van der Waals surface area contributed by atoms with Crippen LogP contribution in [0.1, 0.15) is 44.0 Å². The molecule has 1 fully saturated rings. The maximum Gasteiger partial charge on any atom is 0.319 e. The summed E-state index contributed by atoms with van der Waals surface area (Å²) < 4.78 is 7.93. The molecule has 1 aromatic carbocycles. The zero-order valence-electron chi connectivity index (χ0n) is 16.5. The lowest BCUT2D eigenvalue weighted by molar-refractivity contribution is 0.210. The Balaban J connectivity index is 1.41. The number of carbonyl (C=O) groups excluding carboxylic acids is 1. The molecule has 1 atom stereocenters. The molecule has 0 spiro atoms. The first-order valence-corrected chi connectivity index (χ1v) is 9.82. The third kappa shape index (κ3) is 5.74. The van der Waals surface area contributed by atoms with Crippen LogP contribution >= 0.6 is 0 Å². The summed E-state index contributed by atoms with van der Waals surface area (Å²) in [6, 6.07) is 9.46. The monoisotopic (exact) mass is 370 g/mol. The molecule has 27 heavy (non-hydrogen) atoms. The molecule has 1 aromatic heterocycles. The van der Waals surface area contributed by atoms with Crippen molar-refractivity contribution < 1.29 is 9.53 Å². The number of ether oxygens (including phenoxy) is 1. The van der Waals surface area contributed by atoms with Crippen molar-refractivity contribution in [3.63, 3.8) is 0 Å². The second-order valence-electron chi connectivity index (χ2n) is 7.60. The van der Waals surface area contributed by atoms with Crippen LogP contribution in [0.5, 0.6) is 5.75 Å². The molecule has 2 aromatic rings. The molecule has 0 aliphatic heterocycles. The Hall–Kier alpha value is -2.50. The topological polar surface area (TPSA) is 68.2 Å². The molecular weight excluding hydrogens is 340 g/mol. The third-order valence-corrected chi connectivity index (χ3v) is 4.92. The highest BCUT2D eigenvalue weighted by molar-refractivity contribution is 5.89. The van der Waals surface area contributed by atoms with Gasteiger partial charge in [0.1, 0.15) is 5.75 Å². The highest BCUT2D eigenvalue weighted by Gasteiger charge is 2.16. The number of hydrogen-bond donors (Lipinski definition) is 2. The molecule has 0 bridgehead atoms. The summed E-state index contributed by atoms with van der Waals surface area (Å²) in [5, 5.41) is 10.3. The van der Waals surface area contributed by atoms with E-state index in [1.807, 2.05) is 42.8 Å². The van der Waals surface area contributed by atoms with Crippen LogP contribution in [0.2, 0.25) is 0 Å². The van der Waals surface area contributed by atoms with Crippen molar-refractivity contribution in [2.75, 3.05) is 11.9 Å². The summed E-state index contributed by atoms with van der Waals surface area (Å²) in [4.78, 5) is 12.1. The van der Waals surface area contributed by atoms with Crippen LogP contribution in [0.15, 0.2) is 30.3 Å². The van der Waals surface area contributed by atoms with E-state index in [9.17, 15) is 4.79 Å². The van der Waals surface area contributed by atoms with Gasteiger partial charge < -0.3 is 15.4 Å². The van der Waals surface area contributed by atoms with Crippen LogP contribution in [0.25, 0.3) is 0 Å². The Morgan fingerprint density at radius 3 is 2.59 bits per heavy atom. The summed E-state index contributed by atoms with van der Waals surface area (Å²) in [5.41, 5.74) is 2.92. The van der Waals surface area contributed by atoms with Gasteiger partial charge in [-0.05, 0) is 75.8 Å². The first-order chi connectivity index (χ1) is 13.0. The van der Waals surface area contributed by atoms with Crippen LogP contribution in [0.4, 0.5) is 10.5 Å². The van der Waals surface area contributed by atoms with Gasteiger partial charge in [0.2, 0.25) is 0 Å². The zero-order chi connectivity index (χ0) is 19.2. The van der Waals surface area contributed by atoms with Crippen molar-refractivity contribution in [2.24, 2.45) is 5.92 Å². The molecule has 6 heteroatoms. The van der Waals surface area contributed by atoms with Crippen molar-refractivity contribution in [1.29, 1.82) is 0 Å². The van der Waals surface area contributed by atoms with Gasteiger partial charge in [-0.15, -0.1) is 0 Å². The largest absolute Gasteiger partial charge is 0.490 e. The summed E-state index contributed by atoms with van der Waals surface area (Å²) in [7, 11) is 0. The number of aromatic nitrogens is 2. The second kappa shape index (κ2) is 8.93. The molecule has 1 aliphatic rings. The minimum absolute atomic E-state index is 0.195. The van der Waals surface area contributed by atoms with Crippen molar-refractivity contribution in [3.8, 4) is 5.75 Å². The molecule has 1 heterocycles. The number of rotatable bonds is 7. The number of anilines is 1. The third-order valence-electron chi connectivity index (χ3n) is 4.92. The summed E-state index contributed by atoms with van der Waals surface area (Å²) in [6.07, 6.45) is 5.12. The smallest absolute Gasteiger partial charge is 0.319 e. The fourth-order valence-corrected chi connectivity index (χ4v) is 3.48. The van der Waals surface area contributed by atoms with Crippen LogP contribution in [0, 0.1) is 19.8 Å². The number of nitrogens with zero attached hydrogens (tertiary/aromatic N) is 2. The fraction of sp³-hybridized carbons (Fsp3) is 0.524. The Bertz CT molecular complexity index is 748. The minimum Gasteiger partial charge on any atom is -0.490 e. The maximum absolute atomic E-state index is 12.1. The molecule has 146 valence electrons. The number of amides is 2. The van der Waals surface area contributed by atoms with Crippen molar-refractivity contribution >= 4 is 11.7 Å². The zero-order valence-corrected chi connectivity index (χ0v) is 16.5. The second-order valence-corrected chi connectivity index (χ2v) is 7.60. The number of carbonyl (C=O) groups is 1. The van der Waals surface area contributed by atoms with E-state index in [2.05, 4.69) is 28.7 Å². The molecule has 0 radical (unpaired) electrons. The van der Waals surface area contributed by atoms with Crippen LogP contribution in [0.3, 0.4) is 0 Å². The van der Waals surface area contributed by atoms with Gasteiger partial charge in [0, 0.05) is 24.5 Å². The summed E-state index contributed by atoms with van der Waals surface area (Å²) in [5.74, 6) is 1.15. The first-order valence-electron chi connectivity index (χ1n) is 9.82. The molecule has 0 saturated heterocycles. The van der Waals surface area contributed by atoms with Gasteiger partial charge in [-0.1, -0.05) is 6.92 Å². The van der Waals surface area contributed by atoms with E-state index in [1.165, 1.54) is 12.8 Å². The molecule has 3 rings (SSSR count). The summed E-state index contributed by atoms with van der Waals surface area (Å²) in [6.45, 7) is 7.52. The van der Waals surface area contributed by atoms with E-state index in [-0.39, 0.29) is 11.9 Å². The Morgan fingerprint density at radius 2 is 1.96 bits per heavy atom. The molecular formula is C21H30N4O2. The van der Waals surface area contributed by atoms with Crippen molar-refractivity contribution in [3.05, 3.63) is 41.7 Å². The van der Waals surface area contributed by atoms with E-state index in [0.717, 1.165) is 42.2 Å². The number of hydrogen-bond acceptors (Lipinski definition) is 3. The fourth-order valence-electron chi connectivity index (χ4n) is 3.48. The van der Waals surface area contributed by atoms with Gasteiger partial charge in [0.05, 0.1) is 11.8 Å². The van der Waals surface area contributed by atoms with Crippen LogP contribution in [-0.4, -0.2) is 28.5 Å². The average Bonchev–Trinajstić information content (AvgIpc) is 3.24. The highest BCUT2D eigenvalue weighted by atomic mass is 16.5. The average molecular weight is 370 g/mol. The Morgan fingerprint density at radius 1 is 1.26 bits per heavy atom. The van der Waals surface area contributed by atoms with E-state index in [4.69, 9.17) is 4.74 Å². The van der Waals surface area contributed by atoms with Gasteiger partial charge in [-0.3, -0.25) is 4.68 Å². The van der Waals surface area contributed by atoms with Gasteiger partial charge in [-0.2, -0.15) is 5.10 Å². The molecule has 6 nitrogen and oxygen atoms in total. The molecule has 1 aliphatic carbocycles. The summed E-state index contributed by atoms with van der Waals surface area (Å²) >= 11 is 0. The van der Waals surface area contributed by atoms with Gasteiger partial charge in [0.25, 0.3) is 0 Å². The number of benzene rings is 1. The van der Waals surface area contributed by atoms with E-state index in [0.29, 0.717) is 12.6 Å². The van der Waals surface area contributed by atoms with Gasteiger partial charge >= 0.3 is 6.03 Å². The Labute approximate surface area is 161 Å². The van der Waals surface area contributed by atoms with E-state index in [1.54, 1.807) is 0 Å². The number of urea groups is 1. The SMILES string of the molecule is Cc1cc(C)n(C[C@H](C)CNC(=O)Nc2ccc(OC3CCCC3)cc2)n1. The van der Waals surface area contributed by atoms with Crippen LogP contribution in [-0.2, 0) is 6.54 Å². The predicted octanol–water partition coefficient (Wildman–Crippen LogP) is 4.28. The quantitative estimate of drug-likeness (QED) is 0.764. The van der Waals surface area contributed by atoms with E-state index >= 15 is 0 Å². The standard InChI is InChI=1S/C21H30N4O2/c1-15(14-25-17(3)12-16(2)24-25)13-22-21(26)23-18-8-10-20(11-9-18)27-19-6-4-5-7-19/h8-12,15,19H,4-7,13-14H2,1-3H3,(H2,22,23,26)/t15-/m1/s1. The Kier molecular flexibility index (Phi) is 6.37. The molecule has 2 N–H and O–H groups in total. The van der Waals surface area contributed by atoms with E-state index < -0.39 is 0 Å². The number of nitrogens with one attached hydrogen (secondary N) is 2. The molecule has 2 amide bonds. The van der Waals surface area contributed by atoms with Gasteiger partial charge in [0.15, 0.2) is 0 Å². The lowest BCUT2D eigenvalue weighted by atomic mass is 10.2.